The molecular formula is C15H25NO2S. The normalized spacial score (nSPS) is 14.4. The van der Waals surface area contributed by atoms with Gasteiger partial charge in [-0.05, 0) is 30.0 Å². The minimum Gasteiger partial charge on any atom is -0.310 e. The van der Waals surface area contributed by atoms with E-state index in [1.807, 2.05) is 12.1 Å². The zero-order chi connectivity index (χ0) is 14.7. The average Bonchev–Trinajstić information content (AvgIpc) is 2.35. The molecule has 0 aromatic heterocycles. The van der Waals surface area contributed by atoms with E-state index in [4.69, 9.17) is 0 Å². The van der Waals surface area contributed by atoms with Gasteiger partial charge in [-0.15, -0.1) is 0 Å². The van der Waals surface area contributed by atoms with Crippen LogP contribution in [-0.2, 0) is 16.4 Å². The van der Waals surface area contributed by atoms with Crippen LogP contribution < -0.4 is 5.32 Å². The quantitative estimate of drug-likeness (QED) is 0.903. The Kier molecular flexibility index (Phi) is 5.16. The predicted octanol–water partition coefficient (Wildman–Crippen LogP) is 3.00. The van der Waals surface area contributed by atoms with E-state index in [1.54, 1.807) is 19.1 Å². The summed E-state index contributed by atoms with van der Waals surface area (Å²) in [5.41, 5.74) is 1.32. The van der Waals surface area contributed by atoms with Gasteiger partial charge >= 0.3 is 0 Å². The maximum atomic E-state index is 11.7. The van der Waals surface area contributed by atoms with E-state index in [-0.39, 0.29) is 11.2 Å². The molecule has 0 fully saturated rings. The van der Waals surface area contributed by atoms with Crippen LogP contribution >= 0.6 is 0 Å². The van der Waals surface area contributed by atoms with Gasteiger partial charge in [0, 0.05) is 12.6 Å². The maximum Gasteiger partial charge on any atom is 0.178 e. The molecule has 0 spiro atoms. The molecule has 1 aromatic carbocycles. The van der Waals surface area contributed by atoms with Crippen molar-refractivity contribution in [3.05, 3.63) is 29.8 Å². The van der Waals surface area contributed by atoms with Crippen molar-refractivity contribution in [2.75, 3.05) is 5.75 Å². The van der Waals surface area contributed by atoms with Crippen LogP contribution in [0.25, 0.3) is 0 Å². The minimum absolute atomic E-state index is 0.144. The molecule has 0 saturated carbocycles. The summed E-state index contributed by atoms with van der Waals surface area (Å²) in [6.07, 6.45) is 0. The van der Waals surface area contributed by atoms with Crippen LogP contribution in [0.3, 0.4) is 0 Å². The molecule has 0 amide bonds. The highest BCUT2D eigenvalue weighted by atomic mass is 32.2. The van der Waals surface area contributed by atoms with E-state index in [1.165, 1.54) is 0 Å². The lowest BCUT2D eigenvalue weighted by molar-refractivity contribution is 0.285. The van der Waals surface area contributed by atoms with Gasteiger partial charge in [-0.25, -0.2) is 8.42 Å². The number of hydrogen-bond acceptors (Lipinski definition) is 3. The smallest absolute Gasteiger partial charge is 0.178 e. The Morgan fingerprint density at radius 2 is 1.68 bits per heavy atom. The van der Waals surface area contributed by atoms with Crippen molar-refractivity contribution in [1.82, 2.24) is 5.32 Å². The standard InChI is InChI=1S/C15H25NO2S/c1-6-19(17,18)14-9-7-13(8-10-14)11-16-12(2)15(3,4)5/h7-10,12,16H,6,11H2,1-5H3/t12-/m1/s1. The van der Waals surface area contributed by atoms with Gasteiger partial charge in [-0.1, -0.05) is 39.8 Å². The number of nitrogens with one attached hydrogen (secondary N) is 1. The summed E-state index contributed by atoms with van der Waals surface area (Å²) < 4.78 is 23.4. The molecule has 19 heavy (non-hydrogen) atoms. The molecule has 108 valence electrons. The molecule has 0 bridgehead atoms. The number of rotatable bonds is 5. The topological polar surface area (TPSA) is 46.2 Å². The largest absolute Gasteiger partial charge is 0.310 e. The summed E-state index contributed by atoms with van der Waals surface area (Å²) in [7, 11) is -3.09. The molecule has 4 heteroatoms. The summed E-state index contributed by atoms with van der Waals surface area (Å²) in [6.45, 7) is 11.2. The van der Waals surface area contributed by atoms with Gasteiger partial charge in [-0.3, -0.25) is 0 Å². The van der Waals surface area contributed by atoms with Crippen LogP contribution in [0.5, 0.6) is 0 Å². The molecule has 0 heterocycles. The van der Waals surface area contributed by atoms with E-state index in [2.05, 4.69) is 33.0 Å². The lowest BCUT2D eigenvalue weighted by Crippen LogP contribution is -2.37. The fourth-order valence-electron chi connectivity index (χ4n) is 1.56. The van der Waals surface area contributed by atoms with Crippen LogP contribution in [0.4, 0.5) is 0 Å². The molecule has 0 radical (unpaired) electrons. The SMILES string of the molecule is CCS(=O)(=O)c1ccc(CN[C@H](C)C(C)(C)C)cc1. The second kappa shape index (κ2) is 6.06. The van der Waals surface area contributed by atoms with Gasteiger partial charge in [0.15, 0.2) is 9.84 Å². The molecule has 3 nitrogen and oxygen atoms in total. The van der Waals surface area contributed by atoms with E-state index in [9.17, 15) is 8.42 Å². The first-order valence-electron chi connectivity index (χ1n) is 6.72. The van der Waals surface area contributed by atoms with Crippen LogP contribution in [0.1, 0.15) is 40.2 Å². The van der Waals surface area contributed by atoms with Crippen LogP contribution in [0.15, 0.2) is 29.2 Å². The van der Waals surface area contributed by atoms with E-state index in [0.717, 1.165) is 12.1 Å². The summed E-state index contributed by atoms with van der Waals surface area (Å²) in [5, 5.41) is 3.46. The highest BCUT2D eigenvalue weighted by Gasteiger charge is 2.19. The summed E-state index contributed by atoms with van der Waals surface area (Å²) in [4.78, 5) is 0.405. The highest BCUT2D eigenvalue weighted by Crippen LogP contribution is 2.19. The van der Waals surface area contributed by atoms with Crippen LogP contribution in [-0.4, -0.2) is 20.2 Å². The van der Waals surface area contributed by atoms with Crippen molar-refractivity contribution in [1.29, 1.82) is 0 Å². The van der Waals surface area contributed by atoms with Crippen molar-refractivity contribution in [3.63, 3.8) is 0 Å². The average molecular weight is 283 g/mol. The Labute approximate surface area is 117 Å². The van der Waals surface area contributed by atoms with Crippen molar-refractivity contribution < 1.29 is 8.42 Å². The fraction of sp³-hybridized carbons (Fsp3) is 0.600. The Hall–Kier alpha value is -0.870. The molecule has 0 unspecified atom stereocenters. The van der Waals surface area contributed by atoms with Crippen molar-refractivity contribution in [2.24, 2.45) is 5.41 Å². The number of sulfone groups is 1. The van der Waals surface area contributed by atoms with Gasteiger partial charge in [0.25, 0.3) is 0 Å². The lowest BCUT2D eigenvalue weighted by atomic mass is 9.88. The first kappa shape index (κ1) is 16.2. The summed E-state index contributed by atoms with van der Waals surface area (Å²) in [5.74, 6) is 0.144. The fourth-order valence-corrected chi connectivity index (χ4v) is 2.44. The Morgan fingerprint density at radius 3 is 2.11 bits per heavy atom. The van der Waals surface area contributed by atoms with E-state index in [0.29, 0.717) is 10.9 Å². The van der Waals surface area contributed by atoms with Gasteiger partial charge in [0.2, 0.25) is 0 Å². The molecule has 1 atom stereocenters. The van der Waals surface area contributed by atoms with Crippen molar-refractivity contribution >= 4 is 9.84 Å². The van der Waals surface area contributed by atoms with Gasteiger partial charge in [-0.2, -0.15) is 0 Å². The number of hydrogen-bond donors (Lipinski definition) is 1. The summed E-state index contributed by atoms with van der Waals surface area (Å²) >= 11 is 0. The van der Waals surface area contributed by atoms with Gasteiger partial charge < -0.3 is 5.32 Å². The summed E-state index contributed by atoms with van der Waals surface area (Å²) in [6, 6.07) is 7.54. The molecule has 0 aliphatic heterocycles. The minimum atomic E-state index is -3.09. The molecule has 1 rings (SSSR count). The molecule has 0 aliphatic rings. The number of benzene rings is 1. The van der Waals surface area contributed by atoms with E-state index < -0.39 is 9.84 Å². The zero-order valence-electron chi connectivity index (χ0n) is 12.5. The van der Waals surface area contributed by atoms with Crippen LogP contribution in [0, 0.1) is 5.41 Å². The molecular weight excluding hydrogens is 258 g/mol. The van der Waals surface area contributed by atoms with E-state index >= 15 is 0 Å². The molecule has 0 aliphatic carbocycles. The van der Waals surface area contributed by atoms with Gasteiger partial charge in [0.05, 0.1) is 10.6 Å². The monoisotopic (exact) mass is 283 g/mol. The lowest BCUT2D eigenvalue weighted by Gasteiger charge is -2.28. The third-order valence-electron chi connectivity index (χ3n) is 3.57. The Morgan fingerprint density at radius 1 is 1.16 bits per heavy atom. The molecule has 0 saturated heterocycles. The Balaban J connectivity index is 2.69. The first-order chi connectivity index (χ1) is 8.66. The van der Waals surface area contributed by atoms with Crippen molar-refractivity contribution in [3.8, 4) is 0 Å². The first-order valence-corrected chi connectivity index (χ1v) is 8.37. The predicted molar refractivity (Wildman–Crippen MR) is 79.9 cm³/mol. The second-order valence-electron chi connectivity index (χ2n) is 6.02. The third kappa shape index (κ3) is 4.62. The highest BCUT2D eigenvalue weighted by molar-refractivity contribution is 7.91. The maximum absolute atomic E-state index is 11.7. The third-order valence-corrected chi connectivity index (χ3v) is 5.32. The van der Waals surface area contributed by atoms with Crippen molar-refractivity contribution in [2.45, 2.75) is 52.1 Å². The van der Waals surface area contributed by atoms with Gasteiger partial charge in [0.1, 0.15) is 0 Å². The second-order valence-corrected chi connectivity index (χ2v) is 8.29. The molecule has 1 aromatic rings. The Bertz CT molecular complexity index is 498. The zero-order valence-corrected chi connectivity index (χ0v) is 13.3. The van der Waals surface area contributed by atoms with Crippen LogP contribution in [0.2, 0.25) is 0 Å². The molecule has 1 N–H and O–H groups in total.